The topological polar surface area (TPSA) is 43.8 Å². The summed E-state index contributed by atoms with van der Waals surface area (Å²) in [6.45, 7) is 7.62. The summed E-state index contributed by atoms with van der Waals surface area (Å²) in [5, 5.41) is 12.8. The Bertz CT molecular complexity index is 195. The van der Waals surface area contributed by atoms with Crippen LogP contribution in [-0.4, -0.2) is 46.8 Å². The largest absolute Gasteiger partial charge is 0.393 e. The quantitative estimate of drug-likeness (QED) is 0.714. The van der Waals surface area contributed by atoms with Gasteiger partial charge in [-0.05, 0) is 26.7 Å². The van der Waals surface area contributed by atoms with E-state index in [0.29, 0.717) is 19.4 Å². The molecule has 14 heavy (non-hydrogen) atoms. The molecule has 1 saturated heterocycles. The molecule has 81 valence electrons. The van der Waals surface area contributed by atoms with Crippen LogP contribution >= 0.6 is 0 Å². The van der Waals surface area contributed by atoms with E-state index in [4.69, 9.17) is 5.11 Å². The van der Waals surface area contributed by atoms with Crippen LogP contribution < -0.4 is 0 Å². The van der Waals surface area contributed by atoms with Gasteiger partial charge < -0.3 is 5.11 Å². The molecule has 4 heteroatoms. The van der Waals surface area contributed by atoms with Crippen LogP contribution in [-0.2, 0) is 4.79 Å². The number of aliphatic hydroxyl groups is 1. The number of carbonyl (C=O) groups is 1. The molecule has 1 radical (unpaired) electrons. The van der Waals surface area contributed by atoms with Gasteiger partial charge in [0.25, 0.3) is 0 Å². The molecular formula is C10H19N2O2. The van der Waals surface area contributed by atoms with E-state index >= 15 is 0 Å². The number of carbonyl (C=O) groups excluding carboxylic acids is 1. The van der Waals surface area contributed by atoms with Crippen molar-refractivity contribution in [3.8, 4) is 0 Å². The maximum absolute atomic E-state index is 11.5. The maximum atomic E-state index is 11.5. The van der Waals surface area contributed by atoms with E-state index in [2.05, 4.69) is 6.92 Å². The molecule has 0 saturated carbocycles. The van der Waals surface area contributed by atoms with Crippen LogP contribution in [0.15, 0.2) is 0 Å². The minimum atomic E-state index is -0.307. The molecule has 0 aliphatic carbocycles. The zero-order valence-electron chi connectivity index (χ0n) is 8.78. The third kappa shape index (κ3) is 2.96. The van der Waals surface area contributed by atoms with Crippen LogP contribution in [0.1, 0.15) is 26.2 Å². The van der Waals surface area contributed by atoms with Crippen molar-refractivity contribution in [2.45, 2.75) is 32.3 Å². The van der Waals surface area contributed by atoms with E-state index in [-0.39, 0.29) is 12.0 Å². The highest BCUT2D eigenvalue weighted by Crippen LogP contribution is 2.12. The van der Waals surface area contributed by atoms with Crippen LogP contribution in [0.5, 0.6) is 0 Å². The van der Waals surface area contributed by atoms with Crippen molar-refractivity contribution >= 4 is 5.91 Å². The van der Waals surface area contributed by atoms with E-state index in [0.717, 1.165) is 19.5 Å². The van der Waals surface area contributed by atoms with Crippen molar-refractivity contribution in [2.24, 2.45) is 0 Å². The molecule has 1 fully saturated rings. The first-order chi connectivity index (χ1) is 6.65. The number of nitrogens with zero attached hydrogens (tertiary/aromatic N) is 2. The van der Waals surface area contributed by atoms with Crippen molar-refractivity contribution in [3.63, 3.8) is 0 Å². The number of amides is 1. The average molecular weight is 199 g/mol. The van der Waals surface area contributed by atoms with Crippen LogP contribution in [0.25, 0.3) is 0 Å². The molecule has 0 aromatic rings. The molecule has 0 bridgehead atoms. The summed E-state index contributed by atoms with van der Waals surface area (Å²) in [4.78, 5) is 11.5. The van der Waals surface area contributed by atoms with Crippen LogP contribution in [0.3, 0.4) is 0 Å². The number of hydrazine groups is 1. The van der Waals surface area contributed by atoms with Crippen molar-refractivity contribution in [3.05, 3.63) is 6.92 Å². The van der Waals surface area contributed by atoms with Crippen molar-refractivity contribution < 1.29 is 9.90 Å². The van der Waals surface area contributed by atoms with E-state index in [1.807, 2.05) is 5.01 Å². The molecule has 1 heterocycles. The second kappa shape index (κ2) is 5.32. The van der Waals surface area contributed by atoms with Gasteiger partial charge >= 0.3 is 0 Å². The summed E-state index contributed by atoms with van der Waals surface area (Å²) >= 11 is 0. The average Bonchev–Trinajstić information content (AvgIpc) is 2.14. The Morgan fingerprint density at radius 3 is 2.93 bits per heavy atom. The molecule has 4 nitrogen and oxygen atoms in total. The Morgan fingerprint density at radius 1 is 1.64 bits per heavy atom. The molecule has 1 atom stereocenters. The molecule has 0 spiro atoms. The van der Waals surface area contributed by atoms with Gasteiger partial charge in [0.15, 0.2) is 0 Å². The first kappa shape index (κ1) is 11.5. The van der Waals surface area contributed by atoms with Crippen LogP contribution in [0.4, 0.5) is 0 Å². The summed E-state index contributed by atoms with van der Waals surface area (Å²) < 4.78 is 0. The second-order valence-electron chi connectivity index (χ2n) is 3.71. The van der Waals surface area contributed by atoms with Gasteiger partial charge in [-0.2, -0.15) is 0 Å². The van der Waals surface area contributed by atoms with Crippen LogP contribution in [0.2, 0.25) is 0 Å². The molecular weight excluding hydrogens is 180 g/mol. The van der Waals surface area contributed by atoms with E-state index in [1.165, 1.54) is 0 Å². The third-order valence-electron chi connectivity index (χ3n) is 2.45. The molecule has 0 aromatic carbocycles. The highest BCUT2D eigenvalue weighted by molar-refractivity contribution is 5.76. The van der Waals surface area contributed by atoms with Crippen LogP contribution in [0, 0.1) is 6.92 Å². The van der Waals surface area contributed by atoms with Crippen molar-refractivity contribution in [1.82, 2.24) is 10.0 Å². The SMILES string of the molecule is [CH2]CN1C(=O)CCCN1CCC(C)O. The molecule has 1 unspecified atom stereocenters. The first-order valence-electron chi connectivity index (χ1n) is 5.17. The van der Waals surface area contributed by atoms with Gasteiger partial charge in [-0.25, -0.2) is 5.01 Å². The lowest BCUT2D eigenvalue weighted by Gasteiger charge is -2.38. The molecule has 1 N–H and O–H groups in total. The lowest BCUT2D eigenvalue weighted by atomic mass is 10.2. The Kier molecular flexibility index (Phi) is 4.35. The molecule has 1 aliphatic rings. The third-order valence-corrected chi connectivity index (χ3v) is 2.45. The Labute approximate surface area is 85.5 Å². The standard InChI is InChI=1S/C10H19N2O2/c1-3-12-10(14)5-4-7-11(12)8-6-9(2)13/h9,13H,1,3-8H2,2H3. The van der Waals surface area contributed by atoms with Gasteiger partial charge in [-0.1, -0.05) is 0 Å². The maximum Gasteiger partial charge on any atom is 0.236 e. The minimum absolute atomic E-state index is 0.150. The number of hydrogen-bond acceptors (Lipinski definition) is 3. The second-order valence-corrected chi connectivity index (χ2v) is 3.71. The number of hydrogen-bond donors (Lipinski definition) is 1. The van der Waals surface area contributed by atoms with E-state index in [1.54, 1.807) is 11.9 Å². The smallest absolute Gasteiger partial charge is 0.236 e. The predicted octanol–water partition coefficient (Wildman–Crippen LogP) is 0.431. The minimum Gasteiger partial charge on any atom is -0.393 e. The number of rotatable bonds is 4. The highest BCUT2D eigenvalue weighted by Gasteiger charge is 2.24. The summed E-state index contributed by atoms with van der Waals surface area (Å²) in [6, 6.07) is 0. The lowest BCUT2D eigenvalue weighted by Crippen LogP contribution is -2.51. The van der Waals surface area contributed by atoms with Gasteiger partial charge in [0.05, 0.1) is 6.10 Å². The van der Waals surface area contributed by atoms with E-state index < -0.39 is 0 Å². The van der Waals surface area contributed by atoms with Gasteiger partial charge in [-0.15, -0.1) is 0 Å². The monoisotopic (exact) mass is 199 g/mol. The van der Waals surface area contributed by atoms with Gasteiger partial charge in [0.1, 0.15) is 0 Å². The van der Waals surface area contributed by atoms with Crippen molar-refractivity contribution in [1.29, 1.82) is 0 Å². The summed E-state index contributed by atoms with van der Waals surface area (Å²) in [6.07, 6.45) is 1.93. The summed E-state index contributed by atoms with van der Waals surface area (Å²) in [5.41, 5.74) is 0. The fourth-order valence-corrected chi connectivity index (χ4v) is 1.65. The number of aliphatic hydroxyl groups excluding tert-OH is 1. The van der Waals surface area contributed by atoms with Gasteiger partial charge in [-0.3, -0.25) is 9.80 Å². The summed E-state index contributed by atoms with van der Waals surface area (Å²) in [5.74, 6) is 0.150. The molecule has 1 rings (SSSR count). The van der Waals surface area contributed by atoms with E-state index in [9.17, 15) is 4.79 Å². The highest BCUT2D eigenvalue weighted by atomic mass is 16.3. The lowest BCUT2D eigenvalue weighted by molar-refractivity contribution is -0.154. The Morgan fingerprint density at radius 2 is 2.36 bits per heavy atom. The Hall–Kier alpha value is -0.610. The fraction of sp³-hybridized carbons (Fsp3) is 0.800. The molecule has 0 aromatic heterocycles. The van der Waals surface area contributed by atoms with Gasteiger partial charge in [0.2, 0.25) is 5.91 Å². The first-order valence-corrected chi connectivity index (χ1v) is 5.17. The molecule has 1 amide bonds. The zero-order valence-corrected chi connectivity index (χ0v) is 8.78. The summed E-state index contributed by atoms with van der Waals surface area (Å²) in [7, 11) is 0. The zero-order chi connectivity index (χ0) is 10.6. The predicted molar refractivity (Wildman–Crippen MR) is 54.2 cm³/mol. The van der Waals surface area contributed by atoms with Crippen molar-refractivity contribution in [2.75, 3.05) is 19.6 Å². The normalized spacial score (nSPS) is 21.4. The fourth-order valence-electron chi connectivity index (χ4n) is 1.65. The Balaban J connectivity index is 2.44. The molecule has 1 aliphatic heterocycles. The van der Waals surface area contributed by atoms with Gasteiger partial charge in [0, 0.05) is 26.1 Å².